The molecule has 0 spiro atoms. The summed E-state index contributed by atoms with van der Waals surface area (Å²) in [5.74, 6) is 1.79. The number of ether oxygens (including phenoxy) is 2. The van der Waals surface area contributed by atoms with Crippen LogP contribution in [0.1, 0.15) is 12.8 Å². The van der Waals surface area contributed by atoms with E-state index in [0.29, 0.717) is 11.8 Å². The highest BCUT2D eigenvalue weighted by Gasteiger charge is 2.44. The molecule has 0 saturated carbocycles. The average Bonchev–Trinajstić information content (AvgIpc) is 3.05. The van der Waals surface area contributed by atoms with Gasteiger partial charge in [-0.3, -0.25) is 4.90 Å². The van der Waals surface area contributed by atoms with Crippen LogP contribution in [0.3, 0.4) is 0 Å². The van der Waals surface area contributed by atoms with Crippen LogP contribution in [0.5, 0.6) is 0 Å². The first-order valence-corrected chi connectivity index (χ1v) is 8.96. The predicted octanol–water partition coefficient (Wildman–Crippen LogP) is 0.157. The second kappa shape index (κ2) is 5.31. The summed E-state index contributed by atoms with van der Waals surface area (Å²) in [5.41, 5.74) is 0. The van der Waals surface area contributed by atoms with Crippen molar-refractivity contribution < 1.29 is 17.9 Å². The fourth-order valence-electron chi connectivity index (χ4n) is 3.79. The fourth-order valence-corrected chi connectivity index (χ4v) is 5.73. The number of rotatable bonds is 3. The molecule has 3 aliphatic heterocycles. The van der Waals surface area contributed by atoms with Crippen LogP contribution in [-0.4, -0.2) is 70.4 Å². The molecule has 0 aromatic rings. The van der Waals surface area contributed by atoms with Crippen molar-refractivity contribution in [2.24, 2.45) is 11.8 Å². The van der Waals surface area contributed by atoms with Crippen LogP contribution in [0, 0.1) is 11.8 Å². The Bertz CT molecular complexity index is 418. The van der Waals surface area contributed by atoms with E-state index in [9.17, 15) is 8.42 Å². The van der Waals surface area contributed by atoms with Crippen molar-refractivity contribution in [3.63, 3.8) is 0 Å². The lowest BCUT2D eigenvalue weighted by atomic mass is 9.91. The highest BCUT2D eigenvalue weighted by Crippen LogP contribution is 2.33. The molecule has 0 aromatic heterocycles. The van der Waals surface area contributed by atoms with E-state index in [1.807, 2.05) is 0 Å². The summed E-state index contributed by atoms with van der Waals surface area (Å²) in [6.45, 7) is 3.78. The molecule has 0 amide bonds. The molecule has 0 aliphatic carbocycles. The largest absolute Gasteiger partial charge is 0.381 e. The molecule has 110 valence electrons. The highest BCUT2D eigenvalue weighted by molar-refractivity contribution is 7.91. The van der Waals surface area contributed by atoms with Gasteiger partial charge in [-0.05, 0) is 31.2 Å². The number of methoxy groups -OCH3 is 1. The van der Waals surface area contributed by atoms with Crippen molar-refractivity contribution in [1.29, 1.82) is 0 Å². The van der Waals surface area contributed by atoms with Gasteiger partial charge in [0.05, 0.1) is 23.7 Å². The minimum atomic E-state index is -2.92. The summed E-state index contributed by atoms with van der Waals surface area (Å²) in [5, 5.41) is 0. The van der Waals surface area contributed by atoms with Gasteiger partial charge in [0, 0.05) is 26.9 Å². The number of sulfone groups is 1. The smallest absolute Gasteiger partial charge is 0.154 e. The third-order valence-electron chi connectivity index (χ3n) is 4.93. The third-order valence-corrected chi connectivity index (χ3v) is 6.62. The van der Waals surface area contributed by atoms with E-state index < -0.39 is 9.84 Å². The normalized spacial score (nSPS) is 43.0. The van der Waals surface area contributed by atoms with E-state index in [2.05, 4.69) is 4.90 Å². The minimum Gasteiger partial charge on any atom is -0.381 e. The second-order valence-corrected chi connectivity index (χ2v) is 8.24. The Hall–Kier alpha value is -0.170. The van der Waals surface area contributed by atoms with Crippen LogP contribution in [0.15, 0.2) is 0 Å². The zero-order valence-electron chi connectivity index (χ0n) is 11.5. The molecule has 0 radical (unpaired) electrons. The van der Waals surface area contributed by atoms with Crippen molar-refractivity contribution in [2.45, 2.75) is 25.0 Å². The van der Waals surface area contributed by atoms with E-state index >= 15 is 0 Å². The molecule has 5 nitrogen and oxygen atoms in total. The molecule has 0 N–H and O–H groups in total. The van der Waals surface area contributed by atoms with Gasteiger partial charge in [-0.15, -0.1) is 0 Å². The lowest BCUT2D eigenvalue weighted by molar-refractivity contribution is 0.0514. The molecule has 0 aromatic carbocycles. The van der Waals surface area contributed by atoms with Crippen LogP contribution in [0.4, 0.5) is 0 Å². The number of hydrogen-bond donors (Lipinski definition) is 0. The fraction of sp³-hybridized carbons (Fsp3) is 1.00. The molecule has 4 atom stereocenters. The molecule has 6 heteroatoms. The summed E-state index contributed by atoms with van der Waals surface area (Å²) in [7, 11) is -1.30. The van der Waals surface area contributed by atoms with Crippen LogP contribution >= 0.6 is 0 Å². The lowest BCUT2D eigenvalue weighted by Gasteiger charge is -2.28. The van der Waals surface area contributed by atoms with Crippen LogP contribution < -0.4 is 0 Å². The summed E-state index contributed by atoms with van der Waals surface area (Å²) >= 11 is 0. The van der Waals surface area contributed by atoms with Crippen LogP contribution in [-0.2, 0) is 19.3 Å². The zero-order chi connectivity index (χ0) is 13.5. The first-order valence-electron chi connectivity index (χ1n) is 7.14. The van der Waals surface area contributed by atoms with Crippen molar-refractivity contribution in [3.05, 3.63) is 0 Å². The van der Waals surface area contributed by atoms with Gasteiger partial charge in [-0.2, -0.15) is 0 Å². The number of likely N-dealkylation sites (tertiary alicyclic amines) is 1. The van der Waals surface area contributed by atoms with Gasteiger partial charge < -0.3 is 9.47 Å². The molecule has 0 bridgehead atoms. The maximum atomic E-state index is 11.8. The van der Waals surface area contributed by atoms with Crippen LogP contribution in [0.25, 0.3) is 0 Å². The third kappa shape index (κ3) is 2.82. The van der Waals surface area contributed by atoms with E-state index in [-0.39, 0.29) is 23.7 Å². The Balaban J connectivity index is 1.63. The standard InChI is InChI=1S/C13H23NO4S/c1-17-13-9-19(15,16)8-12(13)14-4-2-10(6-14)11-3-5-18-7-11/h10-13H,2-9H2,1H3/t10?,11?,12-,13+/m0/s1. The van der Waals surface area contributed by atoms with Gasteiger partial charge in [0.25, 0.3) is 0 Å². The number of hydrogen-bond acceptors (Lipinski definition) is 5. The second-order valence-electron chi connectivity index (χ2n) is 6.09. The topological polar surface area (TPSA) is 55.8 Å². The maximum Gasteiger partial charge on any atom is 0.154 e. The van der Waals surface area contributed by atoms with Crippen molar-refractivity contribution in [3.8, 4) is 0 Å². The van der Waals surface area contributed by atoms with Gasteiger partial charge in [0.15, 0.2) is 9.84 Å². The molecule has 3 heterocycles. The summed E-state index contributed by atoms with van der Waals surface area (Å²) in [6, 6.07) is 0.0577. The van der Waals surface area contributed by atoms with Gasteiger partial charge in [-0.25, -0.2) is 8.42 Å². The Morgan fingerprint density at radius 2 is 2.05 bits per heavy atom. The molecule has 3 rings (SSSR count). The van der Waals surface area contributed by atoms with Gasteiger partial charge in [0.1, 0.15) is 0 Å². The SMILES string of the molecule is CO[C@@H]1CS(=O)(=O)C[C@@H]1N1CCC(C2CCOC2)C1. The van der Waals surface area contributed by atoms with Gasteiger partial charge in [0.2, 0.25) is 0 Å². The lowest BCUT2D eigenvalue weighted by Crippen LogP contribution is -2.42. The van der Waals surface area contributed by atoms with E-state index in [1.54, 1.807) is 7.11 Å². The Labute approximate surface area is 115 Å². The first-order chi connectivity index (χ1) is 9.09. The zero-order valence-corrected chi connectivity index (χ0v) is 12.3. The summed E-state index contributed by atoms with van der Waals surface area (Å²) < 4.78 is 34.4. The maximum absolute atomic E-state index is 11.8. The molecule has 3 saturated heterocycles. The summed E-state index contributed by atoms with van der Waals surface area (Å²) in [6.07, 6.45) is 2.18. The monoisotopic (exact) mass is 289 g/mol. The average molecular weight is 289 g/mol. The Morgan fingerprint density at radius 1 is 1.21 bits per heavy atom. The molecule has 2 unspecified atom stereocenters. The van der Waals surface area contributed by atoms with Crippen molar-refractivity contribution in [2.75, 3.05) is 44.9 Å². The van der Waals surface area contributed by atoms with Crippen molar-refractivity contribution in [1.82, 2.24) is 4.90 Å². The molecule has 3 aliphatic rings. The molecular formula is C13H23NO4S. The van der Waals surface area contributed by atoms with Gasteiger partial charge >= 0.3 is 0 Å². The molecule has 19 heavy (non-hydrogen) atoms. The minimum absolute atomic E-state index is 0.0577. The van der Waals surface area contributed by atoms with E-state index in [0.717, 1.165) is 32.7 Å². The van der Waals surface area contributed by atoms with E-state index in [4.69, 9.17) is 9.47 Å². The molecule has 3 fully saturated rings. The van der Waals surface area contributed by atoms with Crippen molar-refractivity contribution >= 4 is 9.84 Å². The number of nitrogens with zero attached hydrogens (tertiary/aromatic N) is 1. The molecular weight excluding hydrogens is 266 g/mol. The van der Waals surface area contributed by atoms with Crippen LogP contribution in [0.2, 0.25) is 0 Å². The van der Waals surface area contributed by atoms with Gasteiger partial charge in [-0.1, -0.05) is 0 Å². The van der Waals surface area contributed by atoms with E-state index in [1.165, 1.54) is 6.42 Å². The quantitative estimate of drug-likeness (QED) is 0.740. The first kappa shape index (κ1) is 13.8. The Morgan fingerprint density at radius 3 is 2.74 bits per heavy atom. The summed E-state index contributed by atoms with van der Waals surface area (Å²) in [4.78, 5) is 2.34. The predicted molar refractivity (Wildman–Crippen MR) is 71.8 cm³/mol. The highest BCUT2D eigenvalue weighted by atomic mass is 32.2. The Kier molecular flexibility index (Phi) is 3.86.